The molecular weight excluding hydrogens is 162 g/mol. The smallest absolute Gasteiger partial charge is 0.0589 e. The average molecular weight is 187 g/mol. The van der Waals surface area contributed by atoms with Crippen molar-refractivity contribution in [1.82, 2.24) is 4.90 Å². The summed E-state index contributed by atoms with van der Waals surface area (Å²) in [6.07, 6.45) is 2.43. The molecule has 0 radical (unpaired) electrons. The summed E-state index contributed by atoms with van der Waals surface area (Å²) in [5, 5.41) is 0. The predicted molar refractivity (Wildman–Crippen MR) is 58.1 cm³/mol. The molecule has 0 rings (SSSR count). The molecule has 2 atom stereocenters. The summed E-state index contributed by atoms with van der Waals surface area (Å²) in [5.41, 5.74) is 0. The predicted octanol–water partition coefficient (Wildman–Crippen LogP) is 2.53. The number of rotatable bonds is 7. The summed E-state index contributed by atoms with van der Waals surface area (Å²) in [4.78, 5) is 2.53. The van der Waals surface area contributed by atoms with Gasteiger partial charge in [-0.2, -0.15) is 0 Å². The molecule has 0 saturated heterocycles. The highest BCUT2D eigenvalue weighted by atomic mass is 16.5. The zero-order valence-electron chi connectivity index (χ0n) is 9.84. The maximum atomic E-state index is 5.12. The van der Waals surface area contributed by atoms with Crippen molar-refractivity contribution in [3.05, 3.63) is 0 Å². The van der Waals surface area contributed by atoms with Crippen LogP contribution in [0.5, 0.6) is 0 Å². The summed E-state index contributed by atoms with van der Waals surface area (Å²) in [7, 11) is 1.77. The van der Waals surface area contributed by atoms with E-state index in [4.69, 9.17) is 4.74 Å². The largest absolute Gasteiger partial charge is 0.383 e. The fraction of sp³-hybridized carbons (Fsp3) is 1.00. The molecule has 0 bridgehead atoms. The van der Waals surface area contributed by atoms with Crippen molar-refractivity contribution in [3.63, 3.8) is 0 Å². The van der Waals surface area contributed by atoms with E-state index in [0.29, 0.717) is 12.1 Å². The molecule has 0 aliphatic carbocycles. The topological polar surface area (TPSA) is 12.5 Å². The SMILES string of the molecule is CCC(C)N(CCOC)C(C)CC. The molecule has 0 heterocycles. The van der Waals surface area contributed by atoms with E-state index in [2.05, 4.69) is 32.6 Å². The third-order valence-electron chi connectivity index (χ3n) is 2.87. The van der Waals surface area contributed by atoms with Crippen LogP contribution in [0.15, 0.2) is 0 Å². The van der Waals surface area contributed by atoms with Gasteiger partial charge in [-0.1, -0.05) is 13.8 Å². The van der Waals surface area contributed by atoms with Crippen LogP contribution in [0.2, 0.25) is 0 Å². The number of methoxy groups -OCH3 is 1. The standard InChI is InChI=1S/C11H25NO/c1-6-10(3)12(8-9-13-5)11(4)7-2/h10-11H,6-9H2,1-5H3. The summed E-state index contributed by atoms with van der Waals surface area (Å²) in [6, 6.07) is 1.34. The van der Waals surface area contributed by atoms with Crippen molar-refractivity contribution in [2.45, 2.75) is 52.6 Å². The van der Waals surface area contributed by atoms with Crippen molar-refractivity contribution in [2.75, 3.05) is 20.3 Å². The van der Waals surface area contributed by atoms with Gasteiger partial charge >= 0.3 is 0 Å². The molecule has 0 aliphatic heterocycles. The molecule has 80 valence electrons. The lowest BCUT2D eigenvalue weighted by Gasteiger charge is -2.33. The summed E-state index contributed by atoms with van der Waals surface area (Å²) >= 11 is 0. The summed E-state index contributed by atoms with van der Waals surface area (Å²) in [6.45, 7) is 11.0. The Bertz CT molecular complexity index is 107. The van der Waals surface area contributed by atoms with Gasteiger partial charge in [0.05, 0.1) is 6.61 Å². The van der Waals surface area contributed by atoms with Crippen LogP contribution in [0.3, 0.4) is 0 Å². The Morgan fingerprint density at radius 1 is 1.08 bits per heavy atom. The van der Waals surface area contributed by atoms with E-state index in [1.165, 1.54) is 12.8 Å². The highest BCUT2D eigenvalue weighted by Gasteiger charge is 2.16. The van der Waals surface area contributed by atoms with E-state index in [9.17, 15) is 0 Å². The minimum absolute atomic E-state index is 0.671. The molecule has 0 aromatic carbocycles. The van der Waals surface area contributed by atoms with Crippen LogP contribution in [0, 0.1) is 0 Å². The van der Waals surface area contributed by atoms with Crippen LogP contribution in [0.1, 0.15) is 40.5 Å². The minimum atomic E-state index is 0.671. The third kappa shape index (κ3) is 4.63. The van der Waals surface area contributed by atoms with Gasteiger partial charge in [0, 0.05) is 25.7 Å². The lowest BCUT2D eigenvalue weighted by molar-refractivity contribution is 0.0925. The zero-order chi connectivity index (χ0) is 10.3. The van der Waals surface area contributed by atoms with E-state index in [1.54, 1.807) is 7.11 Å². The molecule has 13 heavy (non-hydrogen) atoms. The van der Waals surface area contributed by atoms with E-state index in [-0.39, 0.29) is 0 Å². The average Bonchev–Trinajstić information content (AvgIpc) is 2.17. The second kappa shape index (κ2) is 7.34. The molecule has 0 amide bonds. The lowest BCUT2D eigenvalue weighted by Crippen LogP contribution is -2.41. The summed E-state index contributed by atoms with van der Waals surface area (Å²) < 4.78 is 5.12. The molecule has 0 saturated carbocycles. The van der Waals surface area contributed by atoms with Gasteiger partial charge in [0.2, 0.25) is 0 Å². The second-order valence-corrected chi connectivity index (χ2v) is 3.75. The van der Waals surface area contributed by atoms with Gasteiger partial charge in [0.25, 0.3) is 0 Å². The van der Waals surface area contributed by atoms with Crippen LogP contribution in [-0.2, 0) is 4.74 Å². The van der Waals surface area contributed by atoms with E-state index < -0.39 is 0 Å². The molecule has 0 aromatic heterocycles. The van der Waals surface area contributed by atoms with E-state index in [1.807, 2.05) is 0 Å². The fourth-order valence-electron chi connectivity index (χ4n) is 1.54. The molecule has 0 fully saturated rings. The van der Waals surface area contributed by atoms with Gasteiger partial charge in [-0.05, 0) is 26.7 Å². The Morgan fingerprint density at radius 3 is 1.85 bits per heavy atom. The van der Waals surface area contributed by atoms with Crippen LogP contribution < -0.4 is 0 Å². The van der Waals surface area contributed by atoms with Crippen molar-refractivity contribution in [3.8, 4) is 0 Å². The second-order valence-electron chi connectivity index (χ2n) is 3.75. The Balaban J connectivity index is 4.01. The first-order valence-electron chi connectivity index (χ1n) is 5.41. The van der Waals surface area contributed by atoms with Gasteiger partial charge in [-0.25, -0.2) is 0 Å². The van der Waals surface area contributed by atoms with Crippen molar-refractivity contribution >= 4 is 0 Å². The van der Waals surface area contributed by atoms with Crippen molar-refractivity contribution in [1.29, 1.82) is 0 Å². The monoisotopic (exact) mass is 187 g/mol. The van der Waals surface area contributed by atoms with E-state index >= 15 is 0 Å². The quantitative estimate of drug-likeness (QED) is 0.607. The highest BCUT2D eigenvalue weighted by molar-refractivity contribution is 4.71. The Labute approximate surface area is 83.3 Å². The number of hydrogen-bond acceptors (Lipinski definition) is 2. The molecule has 2 heteroatoms. The first-order chi connectivity index (χ1) is 6.17. The van der Waals surface area contributed by atoms with Gasteiger partial charge in [-0.15, -0.1) is 0 Å². The number of ether oxygens (including phenoxy) is 1. The van der Waals surface area contributed by atoms with Crippen molar-refractivity contribution in [2.24, 2.45) is 0 Å². The van der Waals surface area contributed by atoms with Crippen LogP contribution >= 0.6 is 0 Å². The zero-order valence-corrected chi connectivity index (χ0v) is 9.84. The molecule has 0 N–H and O–H groups in total. The number of nitrogens with zero attached hydrogens (tertiary/aromatic N) is 1. The highest BCUT2D eigenvalue weighted by Crippen LogP contribution is 2.10. The molecule has 0 spiro atoms. The maximum absolute atomic E-state index is 5.12. The van der Waals surface area contributed by atoms with Crippen LogP contribution in [0.25, 0.3) is 0 Å². The Kier molecular flexibility index (Phi) is 7.29. The molecule has 2 nitrogen and oxygen atoms in total. The fourth-order valence-corrected chi connectivity index (χ4v) is 1.54. The lowest BCUT2D eigenvalue weighted by atomic mass is 10.1. The van der Waals surface area contributed by atoms with Crippen molar-refractivity contribution < 1.29 is 4.74 Å². The Morgan fingerprint density at radius 2 is 1.54 bits per heavy atom. The first kappa shape index (κ1) is 12.9. The third-order valence-corrected chi connectivity index (χ3v) is 2.87. The first-order valence-corrected chi connectivity index (χ1v) is 5.41. The van der Waals surface area contributed by atoms with Gasteiger partial charge < -0.3 is 4.74 Å². The molecule has 0 aliphatic rings. The maximum Gasteiger partial charge on any atom is 0.0589 e. The normalized spacial score (nSPS) is 16.2. The molecule has 2 unspecified atom stereocenters. The molecular formula is C11H25NO. The van der Waals surface area contributed by atoms with Gasteiger partial charge in [0.1, 0.15) is 0 Å². The van der Waals surface area contributed by atoms with Gasteiger partial charge in [0.15, 0.2) is 0 Å². The Hall–Kier alpha value is -0.0800. The molecule has 0 aromatic rings. The van der Waals surface area contributed by atoms with Crippen LogP contribution in [-0.4, -0.2) is 37.2 Å². The number of hydrogen-bond donors (Lipinski definition) is 0. The summed E-state index contributed by atoms with van der Waals surface area (Å²) in [5.74, 6) is 0. The van der Waals surface area contributed by atoms with E-state index in [0.717, 1.165) is 13.2 Å². The van der Waals surface area contributed by atoms with Crippen LogP contribution in [0.4, 0.5) is 0 Å². The minimum Gasteiger partial charge on any atom is -0.383 e. The van der Waals surface area contributed by atoms with Gasteiger partial charge in [-0.3, -0.25) is 4.90 Å².